The number of pyridine rings is 1. The van der Waals surface area contributed by atoms with Gasteiger partial charge >= 0.3 is 5.63 Å². The van der Waals surface area contributed by atoms with E-state index < -0.39 is 5.63 Å². The molecule has 0 saturated heterocycles. The molecule has 0 fully saturated rings. The number of nitrogens with zero attached hydrogens (tertiary/aromatic N) is 1. The number of hydrogen-bond donors (Lipinski definition) is 3. The van der Waals surface area contributed by atoms with Crippen molar-refractivity contribution in [3.05, 3.63) is 64.1 Å². The van der Waals surface area contributed by atoms with Crippen LogP contribution < -0.4 is 19.8 Å². The first-order chi connectivity index (χ1) is 18.3. The van der Waals surface area contributed by atoms with E-state index in [4.69, 9.17) is 30.2 Å². The van der Waals surface area contributed by atoms with E-state index in [-0.39, 0.29) is 50.6 Å². The average molecular weight is 534 g/mol. The van der Waals surface area contributed by atoms with Crippen molar-refractivity contribution in [1.29, 1.82) is 0 Å². The Kier molecular flexibility index (Phi) is 5.22. The summed E-state index contributed by atoms with van der Waals surface area (Å²) >= 11 is 6.75. The molecule has 3 aromatic carbocycles. The Morgan fingerprint density at radius 3 is 2.08 bits per heavy atom. The summed E-state index contributed by atoms with van der Waals surface area (Å²) in [5.74, 6) is 0.185. The van der Waals surface area contributed by atoms with Gasteiger partial charge in [-0.15, -0.1) is 0 Å². The number of fused-ring (bicyclic) bond motifs is 7. The summed E-state index contributed by atoms with van der Waals surface area (Å²) in [7, 11) is 4.27. The lowest BCUT2D eigenvalue weighted by molar-refractivity contribution is 0.373. The number of hydrogen-bond acceptors (Lipinski definition) is 8. The molecule has 3 heterocycles. The van der Waals surface area contributed by atoms with Gasteiger partial charge in [0, 0.05) is 45.6 Å². The summed E-state index contributed by atoms with van der Waals surface area (Å²) in [4.78, 5) is 13.4. The van der Waals surface area contributed by atoms with Crippen LogP contribution in [0.25, 0.3) is 49.3 Å². The standard InChI is InChI=1S/C28H20ClNO8/c1-35-21-8-13-12(6-17(21)31)4-5-30-26(13)24(14-7-18(32)23(37-3)10-16(14)29)25-15-9-22(36-2)19(33)11-20(15)38-28(34)27(25)30/h4-11,31-33H,1-3H3. The normalized spacial score (nSPS) is 11.6. The van der Waals surface area contributed by atoms with Crippen LogP contribution in [-0.4, -0.2) is 41.0 Å². The lowest BCUT2D eigenvalue weighted by Crippen LogP contribution is -2.02. The van der Waals surface area contributed by atoms with E-state index in [1.165, 1.54) is 39.5 Å². The predicted molar refractivity (Wildman–Crippen MR) is 144 cm³/mol. The van der Waals surface area contributed by atoms with E-state index in [0.29, 0.717) is 38.2 Å². The minimum absolute atomic E-state index is 0.0488. The summed E-state index contributed by atoms with van der Waals surface area (Å²) in [6.07, 6.45) is 1.69. The molecular weight excluding hydrogens is 514 g/mol. The number of phenols is 3. The van der Waals surface area contributed by atoms with Gasteiger partial charge in [-0.1, -0.05) is 11.6 Å². The second kappa shape index (κ2) is 8.39. The maximum Gasteiger partial charge on any atom is 0.361 e. The highest BCUT2D eigenvalue weighted by Gasteiger charge is 2.26. The molecule has 3 N–H and O–H groups in total. The van der Waals surface area contributed by atoms with Crippen LogP contribution in [0.5, 0.6) is 34.5 Å². The Bertz CT molecular complexity index is 2010. The van der Waals surface area contributed by atoms with E-state index in [0.717, 1.165) is 0 Å². The molecule has 0 aliphatic carbocycles. The van der Waals surface area contributed by atoms with Crippen LogP contribution in [-0.2, 0) is 0 Å². The first kappa shape index (κ1) is 23.6. The number of ether oxygens (including phenoxy) is 3. The summed E-state index contributed by atoms with van der Waals surface area (Å²) in [6.45, 7) is 0. The van der Waals surface area contributed by atoms with Crippen LogP contribution in [0.3, 0.4) is 0 Å². The minimum Gasteiger partial charge on any atom is -0.504 e. The van der Waals surface area contributed by atoms with Gasteiger partial charge in [0.1, 0.15) is 11.1 Å². The summed E-state index contributed by atoms with van der Waals surface area (Å²) in [5, 5.41) is 34.0. The van der Waals surface area contributed by atoms with Crippen LogP contribution >= 0.6 is 11.6 Å². The molecule has 192 valence electrons. The second-order valence-corrected chi connectivity index (χ2v) is 9.07. The van der Waals surface area contributed by atoms with E-state index in [9.17, 15) is 20.1 Å². The highest BCUT2D eigenvalue weighted by atomic mass is 35.5. The maximum absolute atomic E-state index is 13.4. The fourth-order valence-electron chi connectivity index (χ4n) is 5.01. The molecule has 10 heteroatoms. The molecular formula is C28H20ClNO8. The molecule has 6 rings (SSSR count). The lowest BCUT2D eigenvalue weighted by Gasteiger charge is -2.12. The molecule has 0 saturated carbocycles. The van der Waals surface area contributed by atoms with Crippen molar-refractivity contribution in [2.24, 2.45) is 0 Å². The SMILES string of the molecule is COc1cc(Cl)c(-c2c3c4cc(OC)c(O)cc4oc(=O)c3n3ccc4cc(O)c(OC)cc4c23)cc1O. The number of halogens is 1. The molecule has 0 amide bonds. The lowest BCUT2D eigenvalue weighted by atomic mass is 9.97. The minimum atomic E-state index is -0.655. The van der Waals surface area contributed by atoms with Crippen molar-refractivity contribution in [1.82, 2.24) is 4.40 Å². The van der Waals surface area contributed by atoms with Crippen molar-refractivity contribution < 1.29 is 33.9 Å². The zero-order valence-electron chi connectivity index (χ0n) is 20.3. The predicted octanol–water partition coefficient (Wildman–Crippen LogP) is 5.82. The van der Waals surface area contributed by atoms with Crippen molar-refractivity contribution >= 4 is 49.8 Å². The molecule has 0 atom stereocenters. The molecule has 3 aromatic heterocycles. The van der Waals surface area contributed by atoms with Crippen LogP contribution in [0.2, 0.25) is 5.02 Å². The molecule has 0 aliphatic rings. The zero-order chi connectivity index (χ0) is 26.9. The van der Waals surface area contributed by atoms with Gasteiger partial charge in [-0.05, 0) is 35.7 Å². The Labute approximate surface area is 219 Å². The number of methoxy groups -OCH3 is 3. The van der Waals surface area contributed by atoms with Crippen molar-refractivity contribution in [2.45, 2.75) is 0 Å². The summed E-state index contributed by atoms with van der Waals surface area (Å²) < 4.78 is 23.2. The summed E-state index contributed by atoms with van der Waals surface area (Å²) in [5.41, 5.74) is 1.15. The largest absolute Gasteiger partial charge is 0.504 e. The van der Waals surface area contributed by atoms with Crippen molar-refractivity contribution in [3.8, 4) is 45.6 Å². The molecule has 0 radical (unpaired) electrons. The first-order valence-corrected chi connectivity index (χ1v) is 11.7. The Balaban J connectivity index is 1.95. The van der Waals surface area contributed by atoms with Gasteiger partial charge in [-0.3, -0.25) is 0 Å². The quantitative estimate of drug-likeness (QED) is 0.242. The Morgan fingerprint density at radius 1 is 0.789 bits per heavy atom. The van der Waals surface area contributed by atoms with Crippen LogP contribution in [0.15, 0.2) is 57.9 Å². The number of aromatic nitrogens is 1. The molecule has 38 heavy (non-hydrogen) atoms. The third-order valence-corrected chi connectivity index (χ3v) is 7.01. The average Bonchev–Trinajstić information content (AvgIpc) is 3.25. The van der Waals surface area contributed by atoms with Gasteiger partial charge in [-0.25, -0.2) is 4.79 Å². The second-order valence-electron chi connectivity index (χ2n) is 8.66. The smallest absolute Gasteiger partial charge is 0.361 e. The number of benzene rings is 3. The van der Waals surface area contributed by atoms with Gasteiger partial charge in [0.25, 0.3) is 0 Å². The molecule has 0 unspecified atom stereocenters. The van der Waals surface area contributed by atoms with Gasteiger partial charge in [-0.2, -0.15) is 0 Å². The fraction of sp³-hybridized carbons (Fsp3) is 0.107. The van der Waals surface area contributed by atoms with E-state index in [1.54, 1.807) is 34.9 Å². The molecule has 0 bridgehead atoms. The maximum atomic E-state index is 13.4. The Morgan fingerprint density at radius 2 is 1.39 bits per heavy atom. The van der Waals surface area contributed by atoms with Crippen LogP contribution in [0.4, 0.5) is 0 Å². The van der Waals surface area contributed by atoms with Gasteiger partial charge in [0.2, 0.25) is 0 Å². The summed E-state index contributed by atoms with van der Waals surface area (Å²) in [6, 6.07) is 10.8. The molecule has 6 aromatic rings. The van der Waals surface area contributed by atoms with Crippen LogP contribution in [0.1, 0.15) is 0 Å². The first-order valence-electron chi connectivity index (χ1n) is 11.4. The zero-order valence-corrected chi connectivity index (χ0v) is 21.1. The third kappa shape index (κ3) is 3.22. The topological polar surface area (TPSA) is 123 Å². The van der Waals surface area contributed by atoms with E-state index >= 15 is 0 Å². The number of phenolic OH excluding ortho intramolecular Hbond substituents is 3. The van der Waals surface area contributed by atoms with Gasteiger partial charge < -0.3 is 38.3 Å². The fourth-order valence-corrected chi connectivity index (χ4v) is 5.26. The highest BCUT2D eigenvalue weighted by molar-refractivity contribution is 6.35. The third-order valence-electron chi connectivity index (χ3n) is 6.70. The van der Waals surface area contributed by atoms with Crippen molar-refractivity contribution in [2.75, 3.05) is 21.3 Å². The van der Waals surface area contributed by atoms with Crippen LogP contribution in [0, 0.1) is 0 Å². The van der Waals surface area contributed by atoms with Gasteiger partial charge in [0.05, 0.1) is 31.9 Å². The van der Waals surface area contributed by atoms with E-state index in [1.807, 2.05) is 0 Å². The van der Waals surface area contributed by atoms with Gasteiger partial charge in [0.15, 0.2) is 34.5 Å². The molecule has 9 nitrogen and oxygen atoms in total. The molecule has 0 spiro atoms. The number of aromatic hydroxyl groups is 3. The Hall–Kier alpha value is -4.76. The number of rotatable bonds is 4. The molecule has 0 aliphatic heterocycles. The highest BCUT2D eigenvalue weighted by Crippen LogP contribution is 2.48. The monoisotopic (exact) mass is 533 g/mol. The van der Waals surface area contributed by atoms with E-state index in [2.05, 4.69) is 0 Å². The van der Waals surface area contributed by atoms with Crippen molar-refractivity contribution in [3.63, 3.8) is 0 Å².